The number of aryl methyl sites for hydroxylation is 1. The molecule has 0 fully saturated rings. The summed E-state index contributed by atoms with van der Waals surface area (Å²) in [5.74, 6) is 1.15. The number of nitrogens with one attached hydrogen (secondary N) is 1. The maximum atomic E-state index is 11.8. The van der Waals surface area contributed by atoms with Crippen molar-refractivity contribution in [2.45, 2.75) is 31.3 Å². The zero-order valence-corrected chi connectivity index (χ0v) is 12.1. The number of rotatable bonds is 7. The summed E-state index contributed by atoms with van der Waals surface area (Å²) in [4.78, 5) is 16.7. The highest BCUT2D eigenvalue weighted by atomic mass is 32.2. The molecular weight excluding hydrogens is 274 g/mol. The van der Waals surface area contributed by atoms with Crippen LogP contribution in [0.2, 0.25) is 0 Å². The predicted molar refractivity (Wildman–Crippen MR) is 77.1 cm³/mol. The molecule has 0 saturated carbocycles. The van der Waals surface area contributed by atoms with Crippen LogP contribution in [-0.4, -0.2) is 31.4 Å². The quantitative estimate of drug-likeness (QED) is 0.782. The summed E-state index contributed by atoms with van der Waals surface area (Å²) in [5.41, 5.74) is 0. The van der Waals surface area contributed by atoms with Crippen LogP contribution >= 0.6 is 11.8 Å². The van der Waals surface area contributed by atoms with Crippen LogP contribution in [0, 0.1) is 0 Å². The molecule has 0 aliphatic rings. The molecule has 0 unspecified atom stereocenters. The van der Waals surface area contributed by atoms with E-state index in [1.165, 1.54) is 11.8 Å². The molecule has 0 spiro atoms. The number of nitrogens with zero attached hydrogens (tertiary/aromatic N) is 4. The van der Waals surface area contributed by atoms with Gasteiger partial charge in [-0.15, -0.1) is 22.0 Å². The Hall–Kier alpha value is -1.89. The van der Waals surface area contributed by atoms with E-state index in [4.69, 9.17) is 0 Å². The molecule has 2 aromatic rings. The van der Waals surface area contributed by atoms with Crippen molar-refractivity contribution in [3.8, 4) is 0 Å². The normalized spacial score (nSPS) is 10.4. The number of hydrogen-bond donors (Lipinski definition) is 1. The van der Waals surface area contributed by atoms with Gasteiger partial charge >= 0.3 is 0 Å². The number of carbonyl (C=O) groups is 1. The maximum Gasteiger partial charge on any atom is 0.230 e. The van der Waals surface area contributed by atoms with Gasteiger partial charge in [0.15, 0.2) is 5.82 Å². The lowest BCUT2D eigenvalue weighted by Crippen LogP contribution is -2.26. The van der Waals surface area contributed by atoms with Gasteiger partial charge in [0, 0.05) is 23.8 Å². The van der Waals surface area contributed by atoms with Gasteiger partial charge in [-0.2, -0.15) is 0 Å². The van der Waals surface area contributed by atoms with Crippen LogP contribution in [0.1, 0.15) is 19.2 Å². The minimum Gasteiger partial charge on any atom is -0.348 e. The molecule has 0 saturated heterocycles. The highest BCUT2D eigenvalue weighted by Crippen LogP contribution is 2.15. The molecule has 7 heteroatoms. The van der Waals surface area contributed by atoms with Gasteiger partial charge in [-0.25, -0.2) is 0 Å². The first-order valence-electron chi connectivity index (χ1n) is 6.45. The number of amides is 1. The van der Waals surface area contributed by atoms with E-state index in [1.54, 1.807) is 18.7 Å². The van der Waals surface area contributed by atoms with Crippen molar-refractivity contribution in [3.63, 3.8) is 0 Å². The van der Waals surface area contributed by atoms with Crippen molar-refractivity contribution in [1.29, 1.82) is 0 Å². The molecule has 2 aromatic heterocycles. The first-order valence-corrected chi connectivity index (χ1v) is 7.44. The first kappa shape index (κ1) is 14.5. The Labute approximate surface area is 122 Å². The predicted octanol–water partition coefficient (Wildman–Crippen LogP) is 1.49. The lowest BCUT2D eigenvalue weighted by molar-refractivity contribution is -0.118. The van der Waals surface area contributed by atoms with Gasteiger partial charge in [0.1, 0.15) is 6.33 Å². The first-order chi connectivity index (χ1) is 9.79. The van der Waals surface area contributed by atoms with Gasteiger partial charge in [0.2, 0.25) is 5.91 Å². The second-order valence-electron chi connectivity index (χ2n) is 4.19. The van der Waals surface area contributed by atoms with Gasteiger partial charge in [-0.05, 0) is 18.6 Å². The average molecular weight is 291 g/mol. The third-order valence-corrected chi connectivity index (χ3v) is 3.64. The van der Waals surface area contributed by atoms with Gasteiger partial charge in [0.25, 0.3) is 0 Å². The van der Waals surface area contributed by atoms with Crippen LogP contribution in [0.3, 0.4) is 0 Å². The van der Waals surface area contributed by atoms with Crippen molar-refractivity contribution in [3.05, 3.63) is 36.7 Å². The molecule has 0 aliphatic heterocycles. The Morgan fingerprint density at radius 2 is 2.20 bits per heavy atom. The van der Waals surface area contributed by atoms with E-state index >= 15 is 0 Å². The van der Waals surface area contributed by atoms with E-state index in [-0.39, 0.29) is 5.91 Å². The van der Waals surface area contributed by atoms with Crippen molar-refractivity contribution < 1.29 is 4.79 Å². The molecule has 2 rings (SSSR count). The smallest absolute Gasteiger partial charge is 0.230 e. The molecule has 2 heterocycles. The number of aromatic nitrogens is 4. The average Bonchev–Trinajstić information content (AvgIpc) is 2.92. The van der Waals surface area contributed by atoms with Crippen molar-refractivity contribution in [2.75, 3.05) is 5.75 Å². The van der Waals surface area contributed by atoms with Crippen LogP contribution in [-0.2, 0) is 17.9 Å². The second-order valence-corrected chi connectivity index (χ2v) is 5.24. The Bertz CT molecular complexity index is 543. The van der Waals surface area contributed by atoms with E-state index in [9.17, 15) is 4.79 Å². The molecule has 6 nitrogen and oxygen atoms in total. The summed E-state index contributed by atoms with van der Waals surface area (Å²) in [5, 5.41) is 10.7. The largest absolute Gasteiger partial charge is 0.348 e. The molecule has 0 aromatic carbocycles. The molecule has 0 radical (unpaired) electrons. The van der Waals surface area contributed by atoms with Gasteiger partial charge in [0.05, 0.1) is 12.3 Å². The van der Waals surface area contributed by atoms with E-state index in [1.807, 2.05) is 16.7 Å². The standard InChI is InChI=1S/C13H17N5OS/c1-2-7-18-10-16-17-12(18)8-15-13(19)9-20-11-3-5-14-6-4-11/h3-6,10H,2,7-9H2,1H3,(H,15,19). The summed E-state index contributed by atoms with van der Waals surface area (Å²) in [6.07, 6.45) is 6.13. The summed E-state index contributed by atoms with van der Waals surface area (Å²) in [7, 11) is 0. The van der Waals surface area contributed by atoms with E-state index in [0.29, 0.717) is 12.3 Å². The Morgan fingerprint density at radius 3 is 2.95 bits per heavy atom. The lowest BCUT2D eigenvalue weighted by Gasteiger charge is -2.06. The van der Waals surface area contributed by atoms with E-state index in [0.717, 1.165) is 23.7 Å². The number of carbonyl (C=O) groups excluding carboxylic acids is 1. The third kappa shape index (κ3) is 4.34. The van der Waals surface area contributed by atoms with E-state index < -0.39 is 0 Å². The fourth-order valence-corrected chi connectivity index (χ4v) is 2.37. The highest BCUT2D eigenvalue weighted by Gasteiger charge is 2.06. The molecule has 0 aliphatic carbocycles. The number of thioether (sulfide) groups is 1. The molecule has 106 valence electrons. The topological polar surface area (TPSA) is 72.7 Å². The minimum absolute atomic E-state index is 0.0159. The Balaban J connectivity index is 1.76. The summed E-state index contributed by atoms with van der Waals surface area (Å²) in [6.45, 7) is 3.37. The van der Waals surface area contributed by atoms with Crippen molar-refractivity contribution in [2.24, 2.45) is 0 Å². The summed E-state index contributed by atoms with van der Waals surface area (Å²) in [6, 6.07) is 3.77. The molecule has 0 bridgehead atoms. The summed E-state index contributed by atoms with van der Waals surface area (Å²) >= 11 is 1.49. The van der Waals surface area contributed by atoms with Crippen LogP contribution in [0.4, 0.5) is 0 Å². The zero-order valence-electron chi connectivity index (χ0n) is 11.3. The second kappa shape index (κ2) is 7.64. The van der Waals surface area contributed by atoms with Crippen LogP contribution in [0.5, 0.6) is 0 Å². The zero-order chi connectivity index (χ0) is 14.2. The monoisotopic (exact) mass is 291 g/mol. The molecule has 1 N–H and O–H groups in total. The maximum absolute atomic E-state index is 11.8. The van der Waals surface area contributed by atoms with Crippen LogP contribution < -0.4 is 5.32 Å². The van der Waals surface area contributed by atoms with Crippen LogP contribution in [0.25, 0.3) is 0 Å². The molecule has 0 atom stereocenters. The van der Waals surface area contributed by atoms with Crippen LogP contribution in [0.15, 0.2) is 35.7 Å². The van der Waals surface area contributed by atoms with E-state index in [2.05, 4.69) is 27.4 Å². The fraction of sp³-hybridized carbons (Fsp3) is 0.385. The number of pyridine rings is 1. The van der Waals surface area contributed by atoms with Gasteiger partial charge in [-0.3, -0.25) is 9.78 Å². The Morgan fingerprint density at radius 1 is 1.40 bits per heavy atom. The lowest BCUT2D eigenvalue weighted by atomic mass is 10.4. The Kier molecular flexibility index (Phi) is 5.55. The number of hydrogen-bond acceptors (Lipinski definition) is 5. The van der Waals surface area contributed by atoms with Gasteiger partial charge < -0.3 is 9.88 Å². The van der Waals surface area contributed by atoms with Crippen molar-refractivity contribution in [1.82, 2.24) is 25.1 Å². The minimum atomic E-state index is -0.0159. The summed E-state index contributed by atoms with van der Waals surface area (Å²) < 4.78 is 1.95. The molecule has 1 amide bonds. The van der Waals surface area contributed by atoms with Crippen molar-refractivity contribution >= 4 is 17.7 Å². The SMILES string of the molecule is CCCn1cnnc1CNC(=O)CSc1ccncc1. The molecular formula is C13H17N5OS. The van der Waals surface area contributed by atoms with Gasteiger partial charge in [-0.1, -0.05) is 6.92 Å². The fourth-order valence-electron chi connectivity index (χ4n) is 1.66. The third-order valence-electron chi connectivity index (χ3n) is 2.62. The highest BCUT2D eigenvalue weighted by molar-refractivity contribution is 8.00. The molecule has 20 heavy (non-hydrogen) atoms.